The van der Waals surface area contributed by atoms with Gasteiger partial charge in [0, 0.05) is 0 Å². The van der Waals surface area contributed by atoms with Gasteiger partial charge in [0.05, 0.1) is 6.54 Å². The van der Waals surface area contributed by atoms with Crippen LogP contribution in [0, 0.1) is 5.21 Å². The van der Waals surface area contributed by atoms with Crippen LogP contribution in [0.15, 0.2) is 12.7 Å². The molecular formula is C3H8FNO. The SMILES string of the molecule is C=CC[NH2+][O-].F. The van der Waals surface area contributed by atoms with Crippen molar-refractivity contribution in [1.82, 2.24) is 0 Å². The van der Waals surface area contributed by atoms with Crippen molar-refractivity contribution in [3.05, 3.63) is 17.9 Å². The number of quaternary nitrogens is 1. The fraction of sp³-hybridized carbons (Fsp3) is 0.333. The molecule has 2 N–H and O–H groups in total. The summed E-state index contributed by atoms with van der Waals surface area (Å²) in [6.45, 7) is 3.79. The molecular weight excluding hydrogens is 85.0 g/mol. The average Bonchev–Trinajstić information content (AvgIpc) is 1.41. The second-order valence-electron chi connectivity index (χ2n) is 0.691. The molecule has 0 aromatic heterocycles. The van der Waals surface area contributed by atoms with E-state index in [1.165, 1.54) is 0 Å². The Bertz CT molecular complexity index is 32.0. The van der Waals surface area contributed by atoms with Gasteiger partial charge in [-0.25, -0.2) is 0 Å². The molecule has 0 aliphatic heterocycles. The first kappa shape index (κ1) is 9.14. The highest BCUT2D eigenvalue weighted by Crippen LogP contribution is 1.39. The van der Waals surface area contributed by atoms with E-state index < -0.39 is 0 Å². The summed E-state index contributed by atoms with van der Waals surface area (Å²) >= 11 is 0. The van der Waals surface area contributed by atoms with E-state index in [9.17, 15) is 5.21 Å². The summed E-state index contributed by atoms with van der Waals surface area (Å²) in [6.07, 6.45) is 1.56. The zero-order chi connectivity index (χ0) is 4.12. The van der Waals surface area contributed by atoms with Crippen LogP contribution in [0.2, 0.25) is 0 Å². The summed E-state index contributed by atoms with van der Waals surface area (Å²) in [7, 11) is 0. The van der Waals surface area contributed by atoms with E-state index in [1.807, 2.05) is 0 Å². The number of rotatable bonds is 2. The average molecular weight is 93.1 g/mol. The Morgan fingerprint density at radius 3 is 2.33 bits per heavy atom. The molecule has 0 radical (unpaired) electrons. The Morgan fingerprint density at radius 2 is 2.33 bits per heavy atom. The van der Waals surface area contributed by atoms with E-state index in [0.717, 1.165) is 5.48 Å². The van der Waals surface area contributed by atoms with Crippen LogP contribution in [0.4, 0.5) is 4.70 Å². The van der Waals surface area contributed by atoms with Gasteiger partial charge >= 0.3 is 0 Å². The van der Waals surface area contributed by atoms with Crippen LogP contribution in [-0.4, -0.2) is 6.54 Å². The minimum absolute atomic E-state index is 0. The lowest BCUT2D eigenvalue weighted by molar-refractivity contribution is -0.578. The lowest BCUT2D eigenvalue weighted by Crippen LogP contribution is -2.76. The molecule has 0 saturated carbocycles. The standard InChI is InChI=1S/C3H7NO.FH/c1-2-3-4-5;/h2H,1,3-4H2;1H. The maximum atomic E-state index is 9.33. The normalized spacial score (nSPS) is 6.17. The molecule has 0 atom stereocenters. The number of hydrogen-bond donors (Lipinski definition) is 1. The van der Waals surface area contributed by atoms with Gasteiger partial charge in [-0.05, 0) is 6.08 Å². The molecule has 0 rings (SSSR count). The molecule has 0 aliphatic carbocycles. The lowest BCUT2D eigenvalue weighted by Gasteiger charge is -1.90. The summed E-state index contributed by atoms with van der Waals surface area (Å²) < 4.78 is 0. The van der Waals surface area contributed by atoms with Crippen LogP contribution in [0.5, 0.6) is 0 Å². The highest BCUT2D eigenvalue weighted by Gasteiger charge is 1.55. The number of halogens is 1. The number of hydrogen-bond acceptors (Lipinski definition) is 1. The third kappa shape index (κ3) is 9.53. The van der Waals surface area contributed by atoms with Crippen LogP contribution >= 0.6 is 0 Å². The van der Waals surface area contributed by atoms with Crippen molar-refractivity contribution < 1.29 is 10.2 Å². The monoisotopic (exact) mass is 93.1 g/mol. The first-order valence-corrected chi connectivity index (χ1v) is 1.46. The minimum atomic E-state index is 0. The maximum Gasteiger partial charge on any atom is 0.0937 e. The van der Waals surface area contributed by atoms with Gasteiger partial charge in [0.25, 0.3) is 0 Å². The quantitative estimate of drug-likeness (QED) is 0.359. The first-order chi connectivity index (χ1) is 2.41. The van der Waals surface area contributed by atoms with E-state index in [0.29, 0.717) is 6.54 Å². The van der Waals surface area contributed by atoms with Gasteiger partial charge in [0.1, 0.15) is 0 Å². The Morgan fingerprint density at radius 1 is 1.83 bits per heavy atom. The third-order valence-electron chi connectivity index (χ3n) is 0.263. The maximum absolute atomic E-state index is 9.33. The van der Waals surface area contributed by atoms with Crippen molar-refractivity contribution in [3.63, 3.8) is 0 Å². The Hall–Kier alpha value is -0.410. The summed E-state index contributed by atoms with van der Waals surface area (Å²) in [4.78, 5) is 0. The van der Waals surface area contributed by atoms with Gasteiger partial charge in [0.2, 0.25) is 0 Å². The van der Waals surface area contributed by atoms with Crippen molar-refractivity contribution in [2.75, 3.05) is 6.54 Å². The molecule has 0 amide bonds. The van der Waals surface area contributed by atoms with Crippen molar-refractivity contribution >= 4 is 0 Å². The molecule has 0 bridgehead atoms. The molecule has 0 aromatic rings. The van der Waals surface area contributed by atoms with E-state index in [1.54, 1.807) is 6.08 Å². The Kier molecular flexibility index (Phi) is 13.4. The van der Waals surface area contributed by atoms with Gasteiger partial charge in [-0.15, -0.1) is 0 Å². The Balaban J connectivity index is 0. The third-order valence-corrected chi connectivity index (χ3v) is 0.263. The smallest absolute Gasteiger partial charge is 0.0937 e. The fourth-order valence-electron chi connectivity index (χ4n) is 0.0680. The van der Waals surface area contributed by atoms with Crippen molar-refractivity contribution in [2.45, 2.75) is 0 Å². The molecule has 0 heterocycles. The molecule has 2 nitrogen and oxygen atoms in total. The van der Waals surface area contributed by atoms with Crippen LogP contribution in [-0.2, 0) is 0 Å². The van der Waals surface area contributed by atoms with Gasteiger partial charge in [-0.1, -0.05) is 6.58 Å². The van der Waals surface area contributed by atoms with Crippen molar-refractivity contribution in [2.24, 2.45) is 0 Å². The lowest BCUT2D eigenvalue weighted by atomic mass is 10.7. The van der Waals surface area contributed by atoms with E-state index in [4.69, 9.17) is 0 Å². The second-order valence-corrected chi connectivity index (χ2v) is 0.691. The first-order valence-electron chi connectivity index (χ1n) is 1.46. The van der Waals surface area contributed by atoms with Gasteiger partial charge < -0.3 is 10.7 Å². The van der Waals surface area contributed by atoms with E-state index >= 15 is 0 Å². The number of hydroxylamine groups is 1. The molecule has 0 fully saturated rings. The zero-order valence-electron chi connectivity index (χ0n) is 3.39. The predicted octanol–water partition coefficient (Wildman–Crippen LogP) is -0.614. The second kappa shape index (κ2) is 8.82. The Labute approximate surface area is 35.8 Å². The molecule has 0 saturated heterocycles. The van der Waals surface area contributed by atoms with Crippen LogP contribution in [0.1, 0.15) is 0 Å². The fourth-order valence-corrected chi connectivity index (χ4v) is 0.0680. The van der Waals surface area contributed by atoms with E-state index in [2.05, 4.69) is 6.58 Å². The van der Waals surface area contributed by atoms with Crippen LogP contribution < -0.4 is 5.48 Å². The molecule has 0 aromatic carbocycles. The van der Waals surface area contributed by atoms with Gasteiger partial charge in [-0.3, -0.25) is 4.70 Å². The van der Waals surface area contributed by atoms with E-state index in [-0.39, 0.29) is 4.70 Å². The molecule has 6 heavy (non-hydrogen) atoms. The minimum Gasteiger partial charge on any atom is -0.636 e. The molecule has 0 spiro atoms. The molecule has 3 heteroatoms. The van der Waals surface area contributed by atoms with Crippen LogP contribution in [0.25, 0.3) is 0 Å². The van der Waals surface area contributed by atoms with Gasteiger partial charge in [-0.2, -0.15) is 0 Å². The molecule has 38 valence electrons. The summed E-state index contributed by atoms with van der Waals surface area (Å²) in [5, 5.41) is 9.33. The van der Waals surface area contributed by atoms with Crippen molar-refractivity contribution in [1.29, 1.82) is 0 Å². The number of nitrogens with two attached hydrogens (primary N) is 1. The van der Waals surface area contributed by atoms with Crippen LogP contribution in [0.3, 0.4) is 0 Å². The van der Waals surface area contributed by atoms with Gasteiger partial charge in [0.15, 0.2) is 0 Å². The zero-order valence-corrected chi connectivity index (χ0v) is 3.39. The predicted molar refractivity (Wildman–Crippen MR) is 22.9 cm³/mol. The summed E-state index contributed by atoms with van der Waals surface area (Å²) in [6, 6.07) is 0. The summed E-state index contributed by atoms with van der Waals surface area (Å²) in [5.41, 5.74) is 0.812. The highest BCUT2D eigenvalue weighted by molar-refractivity contribution is 4.60. The molecule has 0 aliphatic rings. The van der Waals surface area contributed by atoms with Crippen molar-refractivity contribution in [3.8, 4) is 0 Å². The summed E-state index contributed by atoms with van der Waals surface area (Å²) in [5.74, 6) is 0. The highest BCUT2D eigenvalue weighted by atomic mass is 19.0. The molecule has 0 unspecified atom stereocenters. The largest absolute Gasteiger partial charge is 0.636 e. The topological polar surface area (TPSA) is 39.7 Å².